The average molecular weight is 308 g/mol. The van der Waals surface area contributed by atoms with Crippen LogP contribution in [0.3, 0.4) is 0 Å². The molecule has 1 saturated carbocycles. The van der Waals surface area contributed by atoms with Gasteiger partial charge in [-0.1, -0.05) is 44.0 Å². The van der Waals surface area contributed by atoms with E-state index < -0.39 is 5.41 Å². The van der Waals surface area contributed by atoms with Crippen molar-refractivity contribution in [1.29, 1.82) is 0 Å². The molecule has 3 N–H and O–H groups in total. The maximum absolute atomic E-state index is 13.4. The molecule has 1 aliphatic carbocycles. The standard InChI is InChI=1S/C16H21FN2OS/c1-11-6-7-12(17)10-13(11)19-15(20)16(14(18)21)8-4-2-3-5-9-16/h6-7,10H,2-5,8-9H2,1H3,(H2,18,21)(H,19,20). The van der Waals surface area contributed by atoms with E-state index in [1.807, 2.05) is 6.92 Å². The third-order valence-electron chi connectivity index (χ3n) is 4.31. The molecule has 0 unspecified atom stereocenters. The van der Waals surface area contributed by atoms with Crippen LogP contribution in [0.1, 0.15) is 44.1 Å². The molecule has 1 fully saturated rings. The summed E-state index contributed by atoms with van der Waals surface area (Å²) >= 11 is 5.18. The van der Waals surface area contributed by atoms with Crippen LogP contribution in [0.2, 0.25) is 0 Å². The van der Waals surface area contributed by atoms with E-state index in [1.165, 1.54) is 12.1 Å². The summed E-state index contributed by atoms with van der Waals surface area (Å²) < 4.78 is 13.4. The van der Waals surface area contributed by atoms with Gasteiger partial charge in [0.05, 0.1) is 10.4 Å². The zero-order valence-electron chi connectivity index (χ0n) is 12.2. The molecule has 2 rings (SSSR count). The Morgan fingerprint density at radius 1 is 1.29 bits per heavy atom. The molecule has 0 spiro atoms. The van der Waals surface area contributed by atoms with Crippen molar-refractivity contribution >= 4 is 28.8 Å². The van der Waals surface area contributed by atoms with Gasteiger partial charge in [-0.05, 0) is 37.5 Å². The lowest BCUT2D eigenvalue weighted by molar-refractivity contribution is -0.122. The lowest BCUT2D eigenvalue weighted by Crippen LogP contribution is -2.45. The Bertz CT molecular complexity index is 551. The molecule has 0 radical (unpaired) electrons. The van der Waals surface area contributed by atoms with Gasteiger partial charge >= 0.3 is 0 Å². The molecule has 0 bridgehead atoms. The first kappa shape index (κ1) is 15.9. The molecule has 21 heavy (non-hydrogen) atoms. The van der Waals surface area contributed by atoms with Crippen LogP contribution in [0.25, 0.3) is 0 Å². The smallest absolute Gasteiger partial charge is 0.237 e. The largest absolute Gasteiger partial charge is 0.392 e. The summed E-state index contributed by atoms with van der Waals surface area (Å²) in [6, 6.07) is 4.35. The highest BCUT2D eigenvalue weighted by Crippen LogP contribution is 2.37. The minimum absolute atomic E-state index is 0.203. The summed E-state index contributed by atoms with van der Waals surface area (Å²) in [5, 5.41) is 2.82. The van der Waals surface area contributed by atoms with Crippen molar-refractivity contribution in [2.75, 3.05) is 5.32 Å². The normalized spacial score (nSPS) is 17.8. The fourth-order valence-electron chi connectivity index (χ4n) is 2.89. The van der Waals surface area contributed by atoms with Crippen molar-refractivity contribution < 1.29 is 9.18 Å². The van der Waals surface area contributed by atoms with Crippen LogP contribution in [-0.4, -0.2) is 10.9 Å². The Balaban J connectivity index is 2.26. The van der Waals surface area contributed by atoms with E-state index in [0.29, 0.717) is 18.5 Å². The van der Waals surface area contributed by atoms with Crippen molar-refractivity contribution in [3.63, 3.8) is 0 Å². The van der Waals surface area contributed by atoms with E-state index in [9.17, 15) is 9.18 Å². The molecule has 0 heterocycles. The van der Waals surface area contributed by atoms with Crippen LogP contribution < -0.4 is 11.1 Å². The number of carbonyl (C=O) groups excluding carboxylic acids is 1. The maximum Gasteiger partial charge on any atom is 0.237 e. The summed E-state index contributed by atoms with van der Waals surface area (Å²) in [5.74, 6) is -0.577. The Kier molecular flexibility index (Phi) is 4.93. The van der Waals surface area contributed by atoms with Gasteiger partial charge in [0.15, 0.2) is 0 Å². The van der Waals surface area contributed by atoms with Gasteiger partial charge in [-0.15, -0.1) is 0 Å². The molecular formula is C16H21FN2OS. The van der Waals surface area contributed by atoms with E-state index in [-0.39, 0.29) is 16.7 Å². The summed E-state index contributed by atoms with van der Waals surface area (Å²) in [6.07, 6.45) is 5.40. The zero-order valence-corrected chi connectivity index (χ0v) is 13.1. The van der Waals surface area contributed by atoms with Crippen molar-refractivity contribution in [2.24, 2.45) is 11.1 Å². The number of aryl methyl sites for hydroxylation is 1. The molecule has 0 aliphatic heterocycles. The zero-order chi connectivity index (χ0) is 15.5. The predicted molar refractivity (Wildman–Crippen MR) is 86.7 cm³/mol. The van der Waals surface area contributed by atoms with Gasteiger partial charge in [0, 0.05) is 5.69 Å². The molecule has 0 saturated heterocycles. The van der Waals surface area contributed by atoms with Crippen LogP contribution in [0.15, 0.2) is 18.2 Å². The Hall–Kier alpha value is -1.49. The number of hydrogen-bond acceptors (Lipinski definition) is 2. The van der Waals surface area contributed by atoms with Gasteiger partial charge < -0.3 is 11.1 Å². The van der Waals surface area contributed by atoms with Crippen molar-refractivity contribution in [3.05, 3.63) is 29.6 Å². The highest BCUT2D eigenvalue weighted by molar-refractivity contribution is 7.80. The first-order valence-electron chi connectivity index (χ1n) is 7.33. The second kappa shape index (κ2) is 6.52. The predicted octanol–water partition coefficient (Wildman–Crippen LogP) is 3.70. The average Bonchev–Trinajstić information content (AvgIpc) is 2.69. The second-order valence-corrected chi connectivity index (χ2v) is 6.21. The number of halogens is 1. The molecule has 1 aliphatic rings. The van der Waals surface area contributed by atoms with Gasteiger partial charge in [0.2, 0.25) is 5.91 Å². The van der Waals surface area contributed by atoms with Crippen LogP contribution in [-0.2, 0) is 4.79 Å². The summed E-state index contributed by atoms with van der Waals surface area (Å²) in [6.45, 7) is 1.83. The van der Waals surface area contributed by atoms with E-state index in [0.717, 1.165) is 31.2 Å². The van der Waals surface area contributed by atoms with Crippen molar-refractivity contribution in [2.45, 2.75) is 45.4 Å². The summed E-state index contributed by atoms with van der Waals surface area (Å²) in [7, 11) is 0. The lowest BCUT2D eigenvalue weighted by atomic mass is 9.79. The number of hydrogen-bond donors (Lipinski definition) is 2. The first-order chi connectivity index (χ1) is 9.95. The van der Waals surface area contributed by atoms with E-state index in [2.05, 4.69) is 5.32 Å². The highest BCUT2D eigenvalue weighted by atomic mass is 32.1. The molecule has 1 amide bonds. The van der Waals surface area contributed by atoms with Gasteiger partial charge in [0.25, 0.3) is 0 Å². The number of rotatable bonds is 3. The number of nitrogens with two attached hydrogens (primary N) is 1. The van der Waals surface area contributed by atoms with Gasteiger partial charge in [-0.2, -0.15) is 0 Å². The summed E-state index contributed by atoms with van der Waals surface area (Å²) in [5.41, 5.74) is 6.39. The fourth-order valence-corrected chi connectivity index (χ4v) is 3.19. The minimum atomic E-state index is -0.801. The molecule has 3 nitrogen and oxygen atoms in total. The molecule has 0 aromatic heterocycles. The van der Waals surface area contributed by atoms with Crippen molar-refractivity contribution in [1.82, 2.24) is 0 Å². The first-order valence-corrected chi connectivity index (χ1v) is 7.74. The van der Waals surface area contributed by atoms with Crippen LogP contribution in [0.4, 0.5) is 10.1 Å². The van der Waals surface area contributed by atoms with E-state index in [1.54, 1.807) is 6.07 Å². The second-order valence-electron chi connectivity index (χ2n) is 5.77. The SMILES string of the molecule is Cc1ccc(F)cc1NC(=O)C1(C(N)=S)CCCCCC1. The monoisotopic (exact) mass is 308 g/mol. The number of anilines is 1. The van der Waals surface area contributed by atoms with Gasteiger partial charge in [-0.3, -0.25) is 4.79 Å². The van der Waals surface area contributed by atoms with Crippen LogP contribution in [0, 0.1) is 18.2 Å². The third kappa shape index (κ3) is 3.40. The van der Waals surface area contributed by atoms with E-state index in [4.69, 9.17) is 18.0 Å². The summed E-state index contributed by atoms with van der Waals surface area (Å²) in [4.78, 5) is 13.0. The third-order valence-corrected chi connectivity index (χ3v) is 4.70. The molecule has 0 atom stereocenters. The topological polar surface area (TPSA) is 55.1 Å². The Labute approximate surface area is 130 Å². The quantitative estimate of drug-likeness (QED) is 0.661. The molecule has 5 heteroatoms. The highest BCUT2D eigenvalue weighted by Gasteiger charge is 2.41. The molecule has 1 aromatic carbocycles. The molecular weight excluding hydrogens is 287 g/mol. The lowest BCUT2D eigenvalue weighted by Gasteiger charge is -2.30. The number of benzene rings is 1. The van der Waals surface area contributed by atoms with Crippen LogP contribution >= 0.6 is 12.2 Å². The van der Waals surface area contributed by atoms with Crippen LogP contribution in [0.5, 0.6) is 0 Å². The number of nitrogens with one attached hydrogen (secondary N) is 1. The Morgan fingerprint density at radius 2 is 1.90 bits per heavy atom. The molecule has 1 aromatic rings. The molecule has 114 valence electrons. The maximum atomic E-state index is 13.4. The minimum Gasteiger partial charge on any atom is -0.392 e. The van der Waals surface area contributed by atoms with Gasteiger partial charge in [0.1, 0.15) is 5.82 Å². The van der Waals surface area contributed by atoms with E-state index >= 15 is 0 Å². The van der Waals surface area contributed by atoms with Gasteiger partial charge in [-0.25, -0.2) is 4.39 Å². The Morgan fingerprint density at radius 3 is 2.48 bits per heavy atom. The number of thiocarbonyl (C=S) groups is 1. The fraction of sp³-hybridized carbons (Fsp3) is 0.500. The number of carbonyl (C=O) groups is 1. The number of amides is 1. The van der Waals surface area contributed by atoms with Crippen molar-refractivity contribution in [3.8, 4) is 0 Å².